The first-order chi connectivity index (χ1) is 8.46. The average molecular weight is 251 g/mol. The SMILES string of the molecule is CC(C)=CC[C@H]1O[C@]1(C)[C@H]1CC(N)CC[C@]12CO2. The maximum absolute atomic E-state index is 6.14. The summed E-state index contributed by atoms with van der Waals surface area (Å²) in [5.74, 6) is 0.490. The van der Waals surface area contributed by atoms with Gasteiger partial charge >= 0.3 is 0 Å². The van der Waals surface area contributed by atoms with E-state index in [4.69, 9.17) is 15.2 Å². The molecule has 3 aliphatic rings. The van der Waals surface area contributed by atoms with Crippen molar-refractivity contribution in [3.8, 4) is 0 Å². The fourth-order valence-electron chi connectivity index (χ4n) is 3.64. The van der Waals surface area contributed by atoms with Gasteiger partial charge in [0.05, 0.1) is 23.9 Å². The molecule has 1 saturated carbocycles. The van der Waals surface area contributed by atoms with Crippen LogP contribution in [0.25, 0.3) is 0 Å². The van der Waals surface area contributed by atoms with Crippen LogP contribution in [-0.2, 0) is 9.47 Å². The van der Waals surface area contributed by atoms with Gasteiger partial charge in [0.2, 0.25) is 0 Å². The molecule has 0 bridgehead atoms. The lowest BCUT2D eigenvalue weighted by atomic mass is 9.69. The van der Waals surface area contributed by atoms with Gasteiger partial charge in [0.1, 0.15) is 0 Å². The zero-order valence-corrected chi connectivity index (χ0v) is 11.7. The van der Waals surface area contributed by atoms with Gasteiger partial charge in [-0.3, -0.25) is 0 Å². The molecule has 3 nitrogen and oxygen atoms in total. The van der Waals surface area contributed by atoms with E-state index in [9.17, 15) is 0 Å². The summed E-state index contributed by atoms with van der Waals surface area (Å²) in [5, 5.41) is 0. The largest absolute Gasteiger partial charge is 0.369 e. The highest BCUT2D eigenvalue weighted by Crippen LogP contribution is 2.58. The Morgan fingerprint density at radius 1 is 1.44 bits per heavy atom. The van der Waals surface area contributed by atoms with Crippen LogP contribution in [0.4, 0.5) is 0 Å². The van der Waals surface area contributed by atoms with Gasteiger partial charge in [0.15, 0.2) is 0 Å². The van der Waals surface area contributed by atoms with Gasteiger partial charge in [-0.05, 0) is 46.5 Å². The van der Waals surface area contributed by atoms with Crippen molar-refractivity contribution in [1.82, 2.24) is 0 Å². The Labute approximate surface area is 110 Å². The highest BCUT2D eigenvalue weighted by Gasteiger charge is 2.68. The van der Waals surface area contributed by atoms with Gasteiger partial charge in [-0.15, -0.1) is 0 Å². The van der Waals surface area contributed by atoms with E-state index in [1.807, 2.05) is 0 Å². The van der Waals surface area contributed by atoms with Crippen LogP contribution in [0, 0.1) is 5.92 Å². The van der Waals surface area contributed by atoms with Crippen LogP contribution < -0.4 is 5.73 Å². The first-order valence-electron chi connectivity index (χ1n) is 7.17. The fourth-order valence-corrected chi connectivity index (χ4v) is 3.64. The van der Waals surface area contributed by atoms with Crippen molar-refractivity contribution in [3.63, 3.8) is 0 Å². The molecule has 1 aliphatic carbocycles. The molecule has 2 saturated heterocycles. The van der Waals surface area contributed by atoms with Gasteiger partial charge in [-0.25, -0.2) is 0 Å². The number of ether oxygens (including phenoxy) is 2. The normalized spacial score (nSPS) is 50.1. The predicted octanol–water partition coefficient (Wildman–Crippen LogP) is 2.40. The quantitative estimate of drug-likeness (QED) is 0.619. The predicted molar refractivity (Wildman–Crippen MR) is 71.3 cm³/mol. The topological polar surface area (TPSA) is 51.1 Å². The Balaban J connectivity index is 1.69. The molecule has 0 aromatic carbocycles. The number of hydrogen-bond acceptors (Lipinski definition) is 3. The third kappa shape index (κ3) is 2.02. The molecule has 3 fully saturated rings. The zero-order chi connectivity index (χ0) is 13.0. The van der Waals surface area contributed by atoms with Crippen LogP contribution in [0.15, 0.2) is 11.6 Å². The van der Waals surface area contributed by atoms with Crippen LogP contribution in [0.3, 0.4) is 0 Å². The van der Waals surface area contributed by atoms with Gasteiger partial charge in [0, 0.05) is 12.0 Å². The monoisotopic (exact) mass is 251 g/mol. The van der Waals surface area contributed by atoms with Crippen LogP contribution >= 0.6 is 0 Å². The first-order valence-corrected chi connectivity index (χ1v) is 7.17. The molecule has 3 rings (SSSR count). The van der Waals surface area contributed by atoms with Crippen molar-refractivity contribution in [3.05, 3.63) is 11.6 Å². The number of epoxide rings is 2. The summed E-state index contributed by atoms with van der Waals surface area (Å²) in [4.78, 5) is 0. The second kappa shape index (κ2) is 4.06. The molecule has 0 radical (unpaired) electrons. The summed E-state index contributed by atoms with van der Waals surface area (Å²) in [6.07, 6.45) is 6.95. The molecule has 0 amide bonds. The van der Waals surface area contributed by atoms with Crippen molar-refractivity contribution < 1.29 is 9.47 Å². The molecule has 2 aliphatic heterocycles. The molecule has 3 heteroatoms. The Morgan fingerprint density at radius 3 is 2.78 bits per heavy atom. The van der Waals surface area contributed by atoms with Crippen LogP contribution in [0.2, 0.25) is 0 Å². The summed E-state index contributed by atoms with van der Waals surface area (Å²) in [5.41, 5.74) is 7.63. The standard InChI is InChI=1S/C15H25NO2/c1-10(2)4-5-13-14(3,18-13)12-8-11(16)6-7-15(12)9-17-15/h4,11-13H,5-9,16H2,1-3H3/t11?,12-,13-,14-,15+/m1/s1. The highest BCUT2D eigenvalue weighted by atomic mass is 16.6. The second-order valence-electron chi connectivity index (χ2n) is 6.75. The van der Waals surface area contributed by atoms with Gasteiger partial charge in [-0.2, -0.15) is 0 Å². The minimum absolute atomic E-state index is 0.000486. The van der Waals surface area contributed by atoms with Gasteiger partial charge in [0.25, 0.3) is 0 Å². The molecule has 18 heavy (non-hydrogen) atoms. The molecule has 2 N–H and O–H groups in total. The number of rotatable bonds is 3. The second-order valence-corrected chi connectivity index (χ2v) is 6.75. The van der Waals surface area contributed by atoms with E-state index in [0.717, 1.165) is 32.3 Å². The molecular formula is C15H25NO2. The summed E-state index contributed by atoms with van der Waals surface area (Å²) >= 11 is 0. The third-order valence-electron chi connectivity index (χ3n) is 5.04. The van der Waals surface area contributed by atoms with Gasteiger partial charge in [-0.1, -0.05) is 11.6 Å². The number of nitrogens with two attached hydrogens (primary N) is 1. The van der Waals surface area contributed by atoms with E-state index in [2.05, 4.69) is 26.8 Å². The molecule has 1 unspecified atom stereocenters. The molecule has 1 spiro atoms. The molecule has 0 aromatic heterocycles. The fraction of sp³-hybridized carbons (Fsp3) is 0.867. The summed E-state index contributed by atoms with van der Waals surface area (Å²) in [7, 11) is 0. The minimum atomic E-state index is 0.000486. The van der Waals surface area contributed by atoms with E-state index in [-0.39, 0.29) is 11.2 Å². The Kier molecular flexibility index (Phi) is 2.85. The van der Waals surface area contributed by atoms with Crippen LogP contribution in [-0.4, -0.2) is 30.0 Å². The first kappa shape index (κ1) is 12.6. The molecule has 2 heterocycles. The van der Waals surface area contributed by atoms with Crippen molar-refractivity contribution >= 4 is 0 Å². The lowest BCUT2D eigenvalue weighted by Crippen LogP contribution is -2.45. The molecule has 0 aromatic rings. The smallest absolute Gasteiger partial charge is 0.0980 e. The number of allylic oxidation sites excluding steroid dienone is 1. The number of hydrogen-bond donors (Lipinski definition) is 1. The van der Waals surface area contributed by atoms with E-state index in [0.29, 0.717) is 18.1 Å². The maximum Gasteiger partial charge on any atom is 0.0980 e. The Bertz CT molecular complexity index is 371. The highest BCUT2D eigenvalue weighted by molar-refractivity contribution is 5.18. The van der Waals surface area contributed by atoms with Crippen molar-refractivity contribution in [2.75, 3.05) is 6.61 Å². The van der Waals surface area contributed by atoms with Gasteiger partial charge < -0.3 is 15.2 Å². The van der Waals surface area contributed by atoms with E-state index in [1.54, 1.807) is 0 Å². The lowest BCUT2D eigenvalue weighted by molar-refractivity contribution is 0.0801. The Morgan fingerprint density at radius 2 is 2.17 bits per heavy atom. The van der Waals surface area contributed by atoms with E-state index in [1.165, 1.54) is 5.57 Å². The van der Waals surface area contributed by atoms with Crippen LogP contribution in [0.1, 0.15) is 46.5 Å². The lowest BCUT2D eigenvalue weighted by Gasteiger charge is -2.35. The zero-order valence-electron chi connectivity index (χ0n) is 11.7. The molecular weight excluding hydrogens is 226 g/mol. The minimum Gasteiger partial charge on any atom is -0.369 e. The maximum atomic E-state index is 6.14. The van der Waals surface area contributed by atoms with Crippen LogP contribution in [0.5, 0.6) is 0 Å². The summed E-state index contributed by atoms with van der Waals surface area (Å²) in [6, 6.07) is 0.329. The summed E-state index contributed by atoms with van der Waals surface area (Å²) < 4.78 is 11.8. The Hall–Kier alpha value is -0.380. The van der Waals surface area contributed by atoms with E-state index >= 15 is 0 Å². The van der Waals surface area contributed by atoms with E-state index < -0.39 is 0 Å². The van der Waals surface area contributed by atoms with Crippen molar-refractivity contribution in [1.29, 1.82) is 0 Å². The molecule has 5 atom stereocenters. The third-order valence-corrected chi connectivity index (χ3v) is 5.04. The van der Waals surface area contributed by atoms with Crippen molar-refractivity contribution in [2.24, 2.45) is 11.7 Å². The average Bonchev–Trinajstić information content (AvgIpc) is 3.19. The summed E-state index contributed by atoms with van der Waals surface area (Å²) in [6.45, 7) is 7.45. The van der Waals surface area contributed by atoms with Crippen molar-refractivity contribution in [2.45, 2.75) is 69.8 Å². The molecule has 102 valence electrons.